The standard InChI is InChI=1S/C36H23N7S/c1-2-9-33-29(7-1)30-12-10-24(36-40-32-13-11-26(23-35(32)44-36)41-17-5-15-38-41)21-34(30)43(33)28-20-25(31-8-3-4-14-37-31)19-27(22-28)42-18-6-16-39-42/h1-23H. The zero-order chi connectivity index (χ0) is 29.0. The molecule has 0 aliphatic carbocycles. The minimum Gasteiger partial charge on any atom is -0.309 e. The van der Waals surface area contributed by atoms with E-state index < -0.39 is 0 Å². The molecule has 0 amide bonds. The molecule has 208 valence electrons. The molecule has 0 fully saturated rings. The molecule has 0 unspecified atom stereocenters. The van der Waals surface area contributed by atoms with E-state index in [1.807, 2.05) is 58.3 Å². The summed E-state index contributed by atoms with van der Waals surface area (Å²) in [7, 11) is 0. The zero-order valence-corrected chi connectivity index (χ0v) is 24.1. The summed E-state index contributed by atoms with van der Waals surface area (Å²) in [6.45, 7) is 0. The summed E-state index contributed by atoms with van der Waals surface area (Å²) in [5.41, 5.74) is 9.27. The molecule has 0 bridgehead atoms. The molecule has 5 heterocycles. The fourth-order valence-electron chi connectivity index (χ4n) is 5.94. The number of benzene rings is 4. The first kappa shape index (κ1) is 24.7. The Morgan fingerprint density at radius 1 is 0.545 bits per heavy atom. The second kappa shape index (κ2) is 9.86. The highest BCUT2D eigenvalue weighted by atomic mass is 32.1. The van der Waals surface area contributed by atoms with E-state index in [2.05, 4.69) is 98.6 Å². The summed E-state index contributed by atoms with van der Waals surface area (Å²) >= 11 is 1.70. The molecule has 0 spiro atoms. The van der Waals surface area contributed by atoms with E-state index in [-0.39, 0.29) is 0 Å². The Balaban J connectivity index is 1.26. The molecule has 0 atom stereocenters. The maximum Gasteiger partial charge on any atom is 0.124 e. The number of rotatable bonds is 5. The van der Waals surface area contributed by atoms with Crippen molar-refractivity contribution in [2.75, 3.05) is 0 Å². The lowest BCUT2D eigenvalue weighted by Gasteiger charge is -2.13. The third-order valence-electron chi connectivity index (χ3n) is 7.95. The number of nitrogens with zero attached hydrogens (tertiary/aromatic N) is 7. The van der Waals surface area contributed by atoms with Gasteiger partial charge in [0.2, 0.25) is 0 Å². The third-order valence-corrected chi connectivity index (χ3v) is 9.02. The lowest BCUT2D eigenvalue weighted by Crippen LogP contribution is -2.00. The van der Waals surface area contributed by atoms with E-state index in [4.69, 9.17) is 4.98 Å². The Hall–Kier alpha value is -5.86. The lowest BCUT2D eigenvalue weighted by atomic mass is 10.1. The Morgan fingerprint density at radius 3 is 2.16 bits per heavy atom. The smallest absolute Gasteiger partial charge is 0.124 e. The van der Waals surface area contributed by atoms with Gasteiger partial charge < -0.3 is 4.57 Å². The molecule has 5 aromatic heterocycles. The normalized spacial score (nSPS) is 11.6. The van der Waals surface area contributed by atoms with Crippen LogP contribution in [0.15, 0.2) is 140 Å². The van der Waals surface area contributed by atoms with Crippen molar-refractivity contribution in [3.8, 4) is 38.9 Å². The molecule has 0 saturated heterocycles. The predicted molar refractivity (Wildman–Crippen MR) is 177 cm³/mol. The van der Waals surface area contributed by atoms with Gasteiger partial charge in [-0.05, 0) is 72.8 Å². The van der Waals surface area contributed by atoms with Crippen molar-refractivity contribution >= 4 is 43.4 Å². The molecule has 44 heavy (non-hydrogen) atoms. The number of hydrogen-bond acceptors (Lipinski definition) is 5. The van der Waals surface area contributed by atoms with Crippen LogP contribution in [0.25, 0.3) is 70.9 Å². The second-order valence-corrected chi connectivity index (χ2v) is 11.6. The van der Waals surface area contributed by atoms with Gasteiger partial charge in [-0.15, -0.1) is 11.3 Å². The van der Waals surface area contributed by atoms with Crippen LogP contribution in [-0.4, -0.2) is 34.1 Å². The third kappa shape index (κ3) is 4.04. The van der Waals surface area contributed by atoms with Crippen LogP contribution in [0.4, 0.5) is 0 Å². The van der Waals surface area contributed by atoms with Gasteiger partial charge in [0.05, 0.1) is 38.3 Å². The first-order valence-electron chi connectivity index (χ1n) is 14.3. The van der Waals surface area contributed by atoms with E-state index >= 15 is 0 Å². The number of aromatic nitrogens is 7. The van der Waals surface area contributed by atoms with Crippen LogP contribution in [-0.2, 0) is 0 Å². The molecule has 0 aliphatic heterocycles. The summed E-state index contributed by atoms with van der Waals surface area (Å²) in [4.78, 5) is 9.69. The van der Waals surface area contributed by atoms with Gasteiger partial charge in [-0.2, -0.15) is 10.2 Å². The Bertz CT molecular complexity index is 2440. The topological polar surface area (TPSA) is 66.3 Å². The van der Waals surface area contributed by atoms with E-state index in [1.54, 1.807) is 23.7 Å². The van der Waals surface area contributed by atoms with Crippen molar-refractivity contribution in [2.24, 2.45) is 0 Å². The highest BCUT2D eigenvalue weighted by molar-refractivity contribution is 7.21. The Kier molecular flexibility index (Phi) is 5.54. The summed E-state index contributed by atoms with van der Waals surface area (Å²) in [5, 5.41) is 12.3. The largest absolute Gasteiger partial charge is 0.309 e. The van der Waals surface area contributed by atoms with Crippen LogP contribution >= 0.6 is 11.3 Å². The van der Waals surface area contributed by atoms with E-state index in [9.17, 15) is 0 Å². The molecule has 8 heteroatoms. The van der Waals surface area contributed by atoms with Crippen LogP contribution in [0.1, 0.15) is 0 Å². The van der Waals surface area contributed by atoms with E-state index in [1.165, 1.54) is 10.8 Å². The minimum atomic E-state index is 0.910. The number of para-hydroxylation sites is 1. The van der Waals surface area contributed by atoms with Crippen molar-refractivity contribution in [1.29, 1.82) is 0 Å². The van der Waals surface area contributed by atoms with Crippen molar-refractivity contribution in [2.45, 2.75) is 0 Å². The summed E-state index contributed by atoms with van der Waals surface area (Å²) in [5.74, 6) is 0. The van der Waals surface area contributed by atoms with Crippen molar-refractivity contribution in [3.05, 3.63) is 140 Å². The minimum absolute atomic E-state index is 0.910. The van der Waals surface area contributed by atoms with Gasteiger partial charge in [0.25, 0.3) is 0 Å². The van der Waals surface area contributed by atoms with Gasteiger partial charge in [0.1, 0.15) is 5.01 Å². The first-order chi connectivity index (χ1) is 21.8. The van der Waals surface area contributed by atoms with Gasteiger partial charge in [-0.25, -0.2) is 14.3 Å². The van der Waals surface area contributed by atoms with Gasteiger partial charge in [0, 0.05) is 58.6 Å². The fourth-order valence-corrected chi connectivity index (χ4v) is 6.94. The van der Waals surface area contributed by atoms with Crippen LogP contribution in [0.3, 0.4) is 0 Å². The quantitative estimate of drug-likeness (QED) is 0.203. The average molecular weight is 586 g/mol. The zero-order valence-electron chi connectivity index (χ0n) is 23.3. The van der Waals surface area contributed by atoms with Crippen molar-refractivity contribution < 1.29 is 0 Å². The van der Waals surface area contributed by atoms with Gasteiger partial charge in [-0.1, -0.05) is 36.4 Å². The maximum atomic E-state index is 5.03. The van der Waals surface area contributed by atoms with E-state index in [0.717, 1.165) is 60.1 Å². The van der Waals surface area contributed by atoms with Crippen molar-refractivity contribution in [3.63, 3.8) is 0 Å². The number of hydrogen-bond donors (Lipinski definition) is 0. The SMILES string of the molecule is c1ccc(-c2cc(-n3cccn3)cc(-n3c4ccccc4c4ccc(-c5nc6ccc(-n7cccn7)cc6s5)cc43)c2)nc1. The molecule has 0 aliphatic rings. The van der Waals surface area contributed by atoms with Crippen LogP contribution in [0.2, 0.25) is 0 Å². The van der Waals surface area contributed by atoms with Crippen molar-refractivity contribution in [1.82, 2.24) is 34.1 Å². The number of pyridine rings is 1. The van der Waals surface area contributed by atoms with Gasteiger partial charge in [-0.3, -0.25) is 4.98 Å². The molecule has 9 aromatic rings. The molecule has 0 radical (unpaired) electrons. The Morgan fingerprint density at radius 2 is 1.34 bits per heavy atom. The highest BCUT2D eigenvalue weighted by Gasteiger charge is 2.17. The summed E-state index contributed by atoms with van der Waals surface area (Å²) in [6.07, 6.45) is 9.35. The van der Waals surface area contributed by atoms with Gasteiger partial charge >= 0.3 is 0 Å². The highest BCUT2D eigenvalue weighted by Crippen LogP contribution is 2.38. The summed E-state index contributed by atoms with van der Waals surface area (Å²) in [6, 6.07) is 37.9. The van der Waals surface area contributed by atoms with Crippen LogP contribution in [0.5, 0.6) is 0 Å². The molecule has 7 nitrogen and oxygen atoms in total. The van der Waals surface area contributed by atoms with Crippen LogP contribution < -0.4 is 0 Å². The predicted octanol–water partition coefficient (Wildman–Crippen LogP) is 8.49. The maximum absolute atomic E-state index is 5.03. The van der Waals surface area contributed by atoms with Crippen LogP contribution in [0, 0.1) is 0 Å². The number of fused-ring (bicyclic) bond motifs is 4. The summed E-state index contributed by atoms with van der Waals surface area (Å²) < 4.78 is 7.24. The Labute approximate surface area is 255 Å². The molecular weight excluding hydrogens is 563 g/mol. The average Bonchev–Trinajstić information content (AvgIpc) is 3.90. The fraction of sp³-hybridized carbons (Fsp3) is 0. The molecule has 0 saturated carbocycles. The molecule has 4 aromatic carbocycles. The molecule has 0 N–H and O–H groups in total. The second-order valence-electron chi connectivity index (χ2n) is 10.6. The number of thiazole rings is 1. The van der Waals surface area contributed by atoms with E-state index in [0.29, 0.717) is 0 Å². The lowest BCUT2D eigenvalue weighted by molar-refractivity contribution is 0.879. The monoisotopic (exact) mass is 585 g/mol. The first-order valence-corrected chi connectivity index (χ1v) is 15.1. The molecule has 9 rings (SSSR count). The molecular formula is C36H23N7S. The van der Waals surface area contributed by atoms with Gasteiger partial charge in [0.15, 0.2) is 0 Å².